The molecule has 0 bridgehead atoms. The molecule has 2 N–H and O–H groups in total. The Hall–Kier alpha value is -3.07. The Bertz CT molecular complexity index is 846. The average Bonchev–Trinajstić information content (AvgIpc) is 3.28. The minimum atomic E-state index is -0.670. The van der Waals surface area contributed by atoms with Crippen LogP contribution in [0.1, 0.15) is 31.4 Å². The third kappa shape index (κ3) is 5.55. The van der Waals surface area contributed by atoms with E-state index in [1.54, 1.807) is 50.2 Å². The summed E-state index contributed by atoms with van der Waals surface area (Å²) >= 11 is 0. The van der Waals surface area contributed by atoms with Gasteiger partial charge in [0.1, 0.15) is 5.75 Å². The molecule has 1 aromatic carbocycles. The number of nitrogens with one attached hydrogen (secondary N) is 2. The van der Waals surface area contributed by atoms with Gasteiger partial charge in [0.05, 0.1) is 31.9 Å². The number of hydrogen-bond donors (Lipinski definition) is 2. The lowest BCUT2D eigenvalue weighted by molar-refractivity contribution is -0.139. The van der Waals surface area contributed by atoms with E-state index in [0.29, 0.717) is 17.0 Å². The number of urea groups is 1. The maximum Gasteiger partial charge on any atom is 0.338 e. The summed E-state index contributed by atoms with van der Waals surface area (Å²) in [6, 6.07) is 6.05. The Balaban J connectivity index is 1.86. The van der Waals surface area contributed by atoms with Gasteiger partial charge in [0.15, 0.2) is 0 Å². The van der Waals surface area contributed by atoms with Crippen LogP contribution in [-0.4, -0.2) is 74.7 Å². The van der Waals surface area contributed by atoms with Gasteiger partial charge >= 0.3 is 12.0 Å². The van der Waals surface area contributed by atoms with Crippen molar-refractivity contribution in [1.82, 2.24) is 20.4 Å². The molecule has 9 heteroatoms. The van der Waals surface area contributed by atoms with Gasteiger partial charge in [-0.2, -0.15) is 0 Å². The molecule has 0 aromatic heterocycles. The quantitative estimate of drug-likeness (QED) is 0.605. The fourth-order valence-corrected chi connectivity index (χ4v) is 3.86. The molecular formula is C22H30N4O5. The summed E-state index contributed by atoms with van der Waals surface area (Å²) < 4.78 is 10.5. The van der Waals surface area contributed by atoms with Crippen LogP contribution in [-0.2, 0) is 14.3 Å². The molecule has 0 saturated carbocycles. The number of methoxy groups -OCH3 is 1. The molecule has 31 heavy (non-hydrogen) atoms. The molecule has 3 amide bonds. The van der Waals surface area contributed by atoms with Crippen LogP contribution in [0.15, 0.2) is 35.5 Å². The predicted octanol–water partition coefficient (Wildman–Crippen LogP) is 1.42. The molecule has 0 spiro atoms. The Kier molecular flexibility index (Phi) is 7.51. The highest BCUT2D eigenvalue weighted by Crippen LogP contribution is 2.29. The van der Waals surface area contributed by atoms with Crippen molar-refractivity contribution >= 4 is 17.9 Å². The molecule has 1 saturated heterocycles. The highest BCUT2D eigenvalue weighted by atomic mass is 16.5. The number of nitrogens with zero attached hydrogens (tertiary/aromatic N) is 2. The van der Waals surface area contributed by atoms with Gasteiger partial charge < -0.3 is 25.0 Å². The lowest BCUT2D eigenvalue weighted by atomic mass is 9.95. The van der Waals surface area contributed by atoms with Gasteiger partial charge in [-0.1, -0.05) is 12.1 Å². The molecule has 9 nitrogen and oxygen atoms in total. The van der Waals surface area contributed by atoms with E-state index in [0.717, 1.165) is 31.5 Å². The summed E-state index contributed by atoms with van der Waals surface area (Å²) in [4.78, 5) is 41.4. The standard InChI is InChI=1S/C22H30N4O5/c1-4-31-21(28)19-17(13-25(2)14-18(27)26-11-5-6-12-26)23-22(29)24-20(19)15-7-9-16(30-3)10-8-15/h7-10,20H,4-6,11-14H2,1-3H3,(H2,23,24,29). The van der Waals surface area contributed by atoms with E-state index < -0.39 is 18.0 Å². The number of hydrogen-bond acceptors (Lipinski definition) is 6. The van der Waals surface area contributed by atoms with Crippen molar-refractivity contribution in [2.45, 2.75) is 25.8 Å². The molecule has 2 aliphatic rings. The van der Waals surface area contributed by atoms with E-state index in [4.69, 9.17) is 9.47 Å². The first-order valence-corrected chi connectivity index (χ1v) is 10.5. The van der Waals surface area contributed by atoms with E-state index in [2.05, 4.69) is 10.6 Å². The molecule has 2 aliphatic heterocycles. The molecule has 3 rings (SSSR count). The summed E-state index contributed by atoms with van der Waals surface area (Å²) in [6.07, 6.45) is 2.05. The summed E-state index contributed by atoms with van der Waals surface area (Å²) in [6.45, 7) is 3.94. The van der Waals surface area contributed by atoms with Gasteiger partial charge in [-0.3, -0.25) is 9.69 Å². The molecular weight excluding hydrogens is 400 g/mol. The van der Waals surface area contributed by atoms with Crippen molar-refractivity contribution < 1.29 is 23.9 Å². The summed E-state index contributed by atoms with van der Waals surface area (Å²) in [5, 5.41) is 5.54. The molecule has 168 valence electrons. The molecule has 1 fully saturated rings. The summed E-state index contributed by atoms with van der Waals surface area (Å²) in [5.41, 5.74) is 1.49. The summed E-state index contributed by atoms with van der Waals surface area (Å²) in [7, 11) is 3.36. The van der Waals surface area contributed by atoms with Gasteiger partial charge in [-0.15, -0.1) is 0 Å². The first-order chi connectivity index (χ1) is 14.9. The van der Waals surface area contributed by atoms with Crippen LogP contribution in [0.25, 0.3) is 0 Å². The van der Waals surface area contributed by atoms with Gasteiger partial charge in [0.25, 0.3) is 0 Å². The van der Waals surface area contributed by atoms with Gasteiger partial charge in [0, 0.05) is 25.3 Å². The highest BCUT2D eigenvalue weighted by Gasteiger charge is 2.34. The number of carbonyl (C=O) groups is 3. The van der Waals surface area contributed by atoms with Crippen molar-refractivity contribution in [3.05, 3.63) is 41.1 Å². The van der Waals surface area contributed by atoms with Gasteiger partial charge in [-0.25, -0.2) is 9.59 Å². The van der Waals surface area contributed by atoms with Crippen LogP contribution >= 0.6 is 0 Å². The topological polar surface area (TPSA) is 100 Å². The molecule has 2 heterocycles. The number of likely N-dealkylation sites (tertiary alicyclic amines) is 1. The minimum Gasteiger partial charge on any atom is -0.497 e. The van der Waals surface area contributed by atoms with Crippen LogP contribution in [0.3, 0.4) is 0 Å². The fourth-order valence-electron chi connectivity index (χ4n) is 3.86. The monoisotopic (exact) mass is 430 g/mol. The zero-order valence-electron chi connectivity index (χ0n) is 18.3. The summed E-state index contributed by atoms with van der Waals surface area (Å²) in [5.74, 6) is 0.210. The van der Waals surface area contributed by atoms with E-state index >= 15 is 0 Å². The van der Waals surface area contributed by atoms with Crippen LogP contribution in [0.5, 0.6) is 5.75 Å². The molecule has 1 unspecified atom stereocenters. The zero-order chi connectivity index (χ0) is 22.4. The van der Waals surface area contributed by atoms with E-state index in [1.165, 1.54) is 0 Å². The normalized spacial score (nSPS) is 18.6. The molecule has 1 atom stereocenters. The van der Waals surface area contributed by atoms with E-state index in [9.17, 15) is 14.4 Å². The van der Waals surface area contributed by atoms with Crippen LogP contribution < -0.4 is 15.4 Å². The zero-order valence-corrected chi connectivity index (χ0v) is 18.3. The maximum atomic E-state index is 12.8. The maximum absolute atomic E-state index is 12.8. The third-order valence-corrected chi connectivity index (χ3v) is 5.39. The number of rotatable bonds is 8. The Morgan fingerprint density at radius 2 is 1.87 bits per heavy atom. The molecule has 0 radical (unpaired) electrons. The largest absolute Gasteiger partial charge is 0.497 e. The number of esters is 1. The van der Waals surface area contributed by atoms with E-state index in [-0.39, 0.29) is 25.6 Å². The first-order valence-electron chi connectivity index (χ1n) is 10.5. The van der Waals surface area contributed by atoms with Crippen LogP contribution in [0.4, 0.5) is 4.79 Å². The smallest absolute Gasteiger partial charge is 0.338 e. The molecule has 0 aliphatic carbocycles. The van der Waals surface area contributed by atoms with Crippen molar-refractivity contribution in [2.75, 3.05) is 46.9 Å². The Morgan fingerprint density at radius 1 is 1.19 bits per heavy atom. The van der Waals surface area contributed by atoms with Crippen LogP contribution in [0, 0.1) is 0 Å². The van der Waals surface area contributed by atoms with Crippen molar-refractivity contribution in [3.63, 3.8) is 0 Å². The number of carbonyl (C=O) groups excluding carboxylic acids is 3. The average molecular weight is 431 g/mol. The van der Waals surface area contributed by atoms with Crippen molar-refractivity contribution in [1.29, 1.82) is 0 Å². The second kappa shape index (κ2) is 10.3. The number of benzene rings is 1. The number of likely N-dealkylation sites (N-methyl/N-ethyl adjacent to an activating group) is 1. The van der Waals surface area contributed by atoms with Crippen molar-refractivity contribution in [3.8, 4) is 5.75 Å². The number of amides is 3. The van der Waals surface area contributed by atoms with E-state index in [1.807, 2.05) is 4.90 Å². The Labute approximate surface area is 182 Å². The van der Waals surface area contributed by atoms with Gasteiger partial charge in [-0.05, 0) is 44.5 Å². The van der Waals surface area contributed by atoms with Crippen molar-refractivity contribution in [2.24, 2.45) is 0 Å². The highest BCUT2D eigenvalue weighted by molar-refractivity contribution is 5.95. The lowest BCUT2D eigenvalue weighted by Crippen LogP contribution is -2.49. The second-order valence-electron chi connectivity index (χ2n) is 7.68. The second-order valence-corrected chi connectivity index (χ2v) is 7.68. The predicted molar refractivity (Wildman–Crippen MR) is 114 cm³/mol. The van der Waals surface area contributed by atoms with Crippen LogP contribution in [0.2, 0.25) is 0 Å². The third-order valence-electron chi connectivity index (χ3n) is 5.39. The Morgan fingerprint density at radius 3 is 2.48 bits per heavy atom. The molecule has 1 aromatic rings. The van der Waals surface area contributed by atoms with Gasteiger partial charge in [0.2, 0.25) is 5.91 Å². The fraction of sp³-hybridized carbons (Fsp3) is 0.500. The SMILES string of the molecule is CCOC(=O)C1=C(CN(C)CC(=O)N2CCCC2)NC(=O)NC1c1ccc(OC)cc1. The number of ether oxygens (including phenoxy) is 2. The minimum absolute atomic E-state index is 0.0465. The first kappa shape index (κ1) is 22.6. The lowest BCUT2D eigenvalue weighted by Gasteiger charge is -2.31.